The number of carboxylic acids is 1. The van der Waals surface area contributed by atoms with Crippen LogP contribution in [0.1, 0.15) is 20.7 Å². The maximum atomic E-state index is 13.6. The van der Waals surface area contributed by atoms with Gasteiger partial charge in [0.1, 0.15) is 5.82 Å². The molecule has 0 aromatic heterocycles. The number of rotatable bonds is 3. The Kier molecular flexibility index (Phi) is 4.45. The third-order valence-corrected chi connectivity index (χ3v) is 3.13. The van der Waals surface area contributed by atoms with Gasteiger partial charge in [-0.25, -0.2) is 9.18 Å². The average molecular weight is 328 g/mol. The molecule has 4 nitrogen and oxygen atoms in total. The molecule has 0 fully saturated rings. The first-order valence-electron chi connectivity index (χ1n) is 5.67. The molecule has 0 spiro atoms. The number of hydrogen-bond donors (Lipinski definition) is 2. The number of halogens is 3. The van der Waals surface area contributed by atoms with E-state index in [4.69, 9.17) is 28.3 Å². The highest BCUT2D eigenvalue weighted by Crippen LogP contribution is 2.23. The van der Waals surface area contributed by atoms with Gasteiger partial charge in [0.2, 0.25) is 0 Å². The maximum Gasteiger partial charge on any atom is 0.335 e. The number of anilines is 1. The van der Waals surface area contributed by atoms with E-state index in [0.717, 1.165) is 6.07 Å². The number of amides is 1. The number of carbonyl (C=O) groups is 2. The van der Waals surface area contributed by atoms with E-state index in [-0.39, 0.29) is 26.9 Å². The Morgan fingerprint density at radius 2 is 1.86 bits per heavy atom. The van der Waals surface area contributed by atoms with Crippen LogP contribution in [-0.2, 0) is 0 Å². The normalized spacial score (nSPS) is 10.2. The van der Waals surface area contributed by atoms with E-state index in [1.165, 1.54) is 30.3 Å². The molecule has 0 radical (unpaired) electrons. The van der Waals surface area contributed by atoms with Crippen molar-refractivity contribution in [3.8, 4) is 0 Å². The SMILES string of the molecule is O=C(O)c1cc(Cl)cc(NC(=O)c2c(F)cccc2Cl)c1. The summed E-state index contributed by atoms with van der Waals surface area (Å²) in [5, 5.41) is 11.4. The van der Waals surface area contributed by atoms with Gasteiger partial charge >= 0.3 is 5.97 Å². The summed E-state index contributed by atoms with van der Waals surface area (Å²) in [4.78, 5) is 22.9. The summed E-state index contributed by atoms with van der Waals surface area (Å²) < 4.78 is 13.6. The van der Waals surface area contributed by atoms with Crippen LogP contribution in [0.15, 0.2) is 36.4 Å². The van der Waals surface area contributed by atoms with E-state index < -0.39 is 17.7 Å². The standard InChI is InChI=1S/C14H8Cl2FNO3/c15-8-4-7(14(20)21)5-9(6-8)18-13(19)12-10(16)2-1-3-11(12)17/h1-6H,(H,18,19)(H,20,21). The number of aromatic carboxylic acids is 1. The van der Waals surface area contributed by atoms with Crippen LogP contribution in [0.25, 0.3) is 0 Å². The molecule has 2 N–H and O–H groups in total. The number of nitrogens with one attached hydrogen (secondary N) is 1. The Morgan fingerprint density at radius 1 is 1.14 bits per heavy atom. The minimum atomic E-state index is -1.20. The molecule has 108 valence electrons. The first kappa shape index (κ1) is 15.3. The zero-order chi connectivity index (χ0) is 15.6. The van der Waals surface area contributed by atoms with Gasteiger partial charge in [-0.2, -0.15) is 0 Å². The van der Waals surface area contributed by atoms with E-state index in [1.807, 2.05) is 0 Å². The maximum absolute atomic E-state index is 13.6. The first-order valence-corrected chi connectivity index (χ1v) is 6.43. The number of carboxylic acid groups (broad SMARTS) is 1. The lowest BCUT2D eigenvalue weighted by Crippen LogP contribution is -2.15. The lowest BCUT2D eigenvalue weighted by molar-refractivity contribution is 0.0696. The first-order chi connectivity index (χ1) is 9.88. The summed E-state index contributed by atoms with van der Waals surface area (Å²) in [5.74, 6) is -2.77. The molecule has 0 saturated carbocycles. The zero-order valence-corrected chi connectivity index (χ0v) is 11.9. The van der Waals surface area contributed by atoms with Crippen molar-refractivity contribution < 1.29 is 19.1 Å². The molecule has 0 aliphatic rings. The lowest BCUT2D eigenvalue weighted by Gasteiger charge is -2.09. The predicted molar refractivity (Wildman–Crippen MR) is 77.8 cm³/mol. The number of benzene rings is 2. The van der Waals surface area contributed by atoms with Crippen LogP contribution in [0.2, 0.25) is 10.0 Å². The van der Waals surface area contributed by atoms with Crippen molar-refractivity contribution >= 4 is 40.8 Å². The molecular formula is C14H8Cl2FNO3. The predicted octanol–water partition coefficient (Wildman–Crippen LogP) is 4.08. The summed E-state index contributed by atoms with van der Waals surface area (Å²) in [5.41, 5.74) is -0.294. The highest BCUT2D eigenvalue weighted by molar-refractivity contribution is 6.34. The zero-order valence-electron chi connectivity index (χ0n) is 10.4. The fraction of sp³-hybridized carbons (Fsp3) is 0. The molecule has 7 heteroatoms. The van der Waals surface area contributed by atoms with Gasteiger partial charge in [-0.1, -0.05) is 29.3 Å². The second-order valence-electron chi connectivity index (χ2n) is 4.08. The Bertz CT molecular complexity index is 714. The molecule has 0 bridgehead atoms. The highest BCUT2D eigenvalue weighted by atomic mass is 35.5. The minimum Gasteiger partial charge on any atom is -0.478 e. The van der Waals surface area contributed by atoms with Crippen LogP contribution in [0.3, 0.4) is 0 Å². The fourth-order valence-corrected chi connectivity index (χ4v) is 2.18. The average Bonchev–Trinajstić information content (AvgIpc) is 2.37. The van der Waals surface area contributed by atoms with E-state index >= 15 is 0 Å². The summed E-state index contributed by atoms with van der Waals surface area (Å²) in [7, 11) is 0. The Labute approximate surface area is 129 Å². The molecule has 0 heterocycles. The number of carbonyl (C=O) groups excluding carboxylic acids is 1. The second kappa shape index (κ2) is 6.11. The molecule has 21 heavy (non-hydrogen) atoms. The molecule has 0 unspecified atom stereocenters. The van der Waals surface area contributed by atoms with Crippen molar-refractivity contribution in [2.75, 3.05) is 5.32 Å². The summed E-state index contributed by atoms with van der Waals surface area (Å²) in [6.45, 7) is 0. The highest BCUT2D eigenvalue weighted by Gasteiger charge is 2.16. The van der Waals surface area contributed by atoms with Gasteiger partial charge in [-0.3, -0.25) is 4.79 Å². The van der Waals surface area contributed by atoms with Gasteiger partial charge in [0.15, 0.2) is 0 Å². The van der Waals surface area contributed by atoms with Gasteiger partial charge in [0, 0.05) is 10.7 Å². The summed E-state index contributed by atoms with van der Waals surface area (Å²) in [6.07, 6.45) is 0. The van der Waals surface area contributed by atoms with Crippen molar-refractivity contribution in [3.05, 3.63) is 63.4 Å². The quantitative estimate of drug-likeness (QED) is 0.892. The van der Waals surface area contributed by atoms with Crippen molar-refractivity contribution in [1.29, 1.82) is 0 Å². The molecule has 2 aromatic rings. The minimum absolute atomic E-state index is 0.0482. The van der Waals surface area contributed by atoms with E-state index in [9.17, 15) is 14.0 Å². The van der Waals surface area contributed by atoms with E-state index in [2.05, 4.69) is 5.32 Å². The van der Waals surface area contributed by atoms with Gasteiger partial charge in [0.05, 0.1) is 16.1 Å². The van der Waals surface area contributed by atoms with Crippen molar-refractivity contribution in [2.24, 2.45) is 0 Å². The van der Waals surface area contributed by atoms with E-state index in [0.29, 0.717) is 0 Å². The number of hydrogen-bond acceptors (Lipinski definition) is 2. The van der Waals surface area contributed by atoms with Crippen LogP contribution in [0, 0.1) is 5.82 Å². The second-order valence-corrected chi connectivity index (χ2v) is 4.93. The van der Waals surface area contributed by atoms with Crippen molar-refractivity contribution in [3.63, 3.8) is 0 Å². The molecule has 0 aliphatic heterocycles. The van der Waals surface area contributed by atoms with Crippen LogP contribution >= 0.6 is 23.2 Å². The molecule has 1 amide bonds. The lowest BCUT2D eigenvalue weighted by atomic mass is 10.1. The molecule has 0 atom stereocenters. The largest absolute Gasteiger partial charge is 0.478 e. The van der Waals surface area contributed by atoms with Crippen LogP contribution in [0.4, 0.5) is 10.1 Å². The Balaban J connectivity index is 2.34. The van der Waals surface area contributed by atoms with Crippen LogP contribution in [0.5, 0.6) is 0 Å². The van der Waals surface area contributed by atoms with Crippen molar-refractivity contribution in [2.45, 2.75) is 0 Å². The fourth-order valence-electron chi connectivity index (χ4n) is 1.69. The molecular weight excluding hydrogens is 320 g/mol. The van der Waals surface area contributed by atoms with E-state index in [1.54, 1.807) is 0 Å². The molecule has 2 rings (SSSR count). The topological polar surface area (TPSA) is 66.4 Å². The van der Waals surface area contributed by atoms with Gasteiger partial charge < -0.3 is 10.4 Å². The molecule has 2 aromatic carbocycles. The summed E-state index contributed by atoms with van der Waals surface area (Å²) in [6, 6.07) is 7.63. The summed E-state index contributed by atoms with van der Waals surface area (Å²) >= 11 is 11.6. The third-order valence-electron chi connectivity index (χ3n) is 2.59. The monoisotopic (exact) mass is 327 g/mol. The van der Waals surface area contributed by atoms with Crippen molar-refractivity contribution in [1.82, 2.24) is 0 Å². The van der Waals surface area contributed by atoms with Crippen LogP contribution in [-0.4, -0.2) is 17.0 Å². The van der Waals surface area contributed by atoms with Gasteiger partial charge in [0.25, 0.3) is 5.91 Å². The molecule has 0 saturated heterocycles. The van der Waals surface area contributed by atoms with Gasteiger partial charge in [-0.05, 0) is 30.3 Å². The Hall–Kier alpha value is -2.11. The van der Waals surface area contributed by atoms with Crippen LogP contribution < -0.4 is 5.32 Å². The smallest absolute Gasteiger partial charge is 0.335 e. The third kappa shape index (κ3) is 3.51. The molecule has 0 aliphatic carbocycles. The van der Waals surface area contributed by atoms with Gasteiger partial charge in [-0.15, -0.1) is 0 Å². The Morgan fingerprint density at radius 3 is 2.48 bits per heavy atom.